The van der Waals surface area contributed by atoms with Gasteiger partial charge < -0.3 is 19.7 Å². The molecule has 0 unspecified atom stereocenters. The van der Waals surface area contributed by atoms with Gasteiger partial charge in [-0.25, -0.2) is 4.79 Å². The first kappa shape index (κ1) is 15.3. The fourth-order valence-corrected chi connectivity index (χ4v) is 2.09. The Morgan fingerprint density at radius 3 is 2.90 bits per heavy atom. The monoisotopic (exact) mass is 310 g/mol. The Balaban J connectivity index is 1.84. The molecule has 0 aliphatic carbocycles. The molecule has 0 radical (unpaired) electrons. The molecule has 1 aromatic carbocycles. The van der Waals surface area contributed by atoms with E-state index in [1.54, 1.807) is 16.7 Å². The number of hydrogen-bond acceptors (Lipinski definition) is 3. The van der Waals surface area contributed by atoms with E-state index in [0.29, 0.717) is 5.02 Å². The summed E-state index contributed by atoms with van der Waals surface area (Å²) in [6, 6.07) is 7.41. The van der Waals surface area contributed by atoms with Crippen LogP contribution in [-0.2, 0) is 20.9 Å². The second kappa shape index (κ2) is 7.10. The van der Waals surface area contributed by atoms with E-state index in [-0.39, 0.29) is 32.2 Å². The molecule has 6 nitrogen and oxygen atoms in total. The zero-order valence-electron chi connectivity index (χ0n) is 11.2. The minimum absolute atomic E-state index is 0.163. The van der Waals surface area contributed by atoms with E-state index < -0.39 is 5.97 Å². The van der Waals surface area contributed by atoms with Crippen LogP contribution >= 0.6 is 11.6 Å². The third-order valence-electron chi connectivity index (χ3n) is 2.84. The van der Waals surface area contributed by atoms with Crippen molar-refractivity contribution in [1.29, 1.82) is 0 Å². The number of halogens is 1. The maximum absolute atomic E-state index is 11.8. The molecule has 0 atom stereocenters. The Morgan fingerprint density at radius 2 is 2.14 bits per heavy atom. The quantitative estimate of drug-likeness (QED) is 0.760. The van der Waals surface area contributed by atoms with Crippen LogP contribution in [0.4, 0.5) is 0 Å². The van der Waals surface area contributed by atoms with E-state index in [2.05, 4.69) is 5.32 Å². The minimum Gasteiger partial charge on any atom is -0.480 e. The second-order valence-electron chi connectivity index (χ2n) is 4.44. The van der Waals surface area contributed by atoms with Crippen molar-refractivity contribution in [2.75, 3.05) is 19.8 Å². The van der Waals surface area contributed by atoms with Gasteiger partial charge in [-0.3, -0.25) is 4.79 Å². The molecule has 0 aliphatic heterocycles. The minimum atomic E-state index is -1.03. The van der Waals surface area contributed by atoms with E-state index >= 15 is 0 Å². The van der Waals surface area contributed by atoms with Crippen LogP contribution in [0.1, 0.15) is 0 Å². The smallest absolute Gasteiger partial charge is 0.329 e. The first-order chi connectivity index (χ1) is 10.1. The Hall–Kier alpha value is -2.05. The lowest BCUT2D eigenvalue weighted by Gasteiger charge is -2.07. The van der Waals surface area contributed by atoms with E-state index in [1.165, 1.54) is 0 Å². The molecule has 0 fully saturated rings. The van der Waals surface area contributed by atoms with E-state index in [1.807, 2.05) is 18.3 Å². The number of nitrogens with one attached hydrogen (secondary N) is 1. The summed E-state index contributed by atoms with van der Waals surface area (Å²) in [4.78, 5) is 22.0. The number of aromatic nitrogens is 1. The maximum Gasteiger partial charge on any atom is 0.329 e. The summed E-state index contributed by atoms with van der Waals surface area (Å²) < 4.78 is 6.63. The fourth-order valence-electron chi connectivity index (χ4n) is 1.93. The first-order valence-corrected chi connectivity index (χ1v) is 6.74. The molecule has 1 aromatic heterocycles. The lowest BCUT2D eigenvalue weighted by atomic mass is 10.2. The predicted octanol–water partition coefficient (Wildman–Crippen LogP) is 1.51. The molecule has 0 bridgehead atoms. The molecule has 0 spiro atoms. The number of aliphatic carboxylic acids is 1. The number of carbonyl (C=O) groups is 2. The van der Waals surface area contributed by atoms with Crippen molar-refractivity contribution in [1.82, 2.24) is 9.88 Å². The van der Waals surface area contributed by atoms with Gasteiger partial charge in [0.1, 0.15) is 13.2 Å². The summed E-state index contributed by atoms with van der Waals surface area (Å²) in [6.07, 6.45) is 1.82. The standard InChI is InChI=1S/C14H15ClN2O4/c15-11-2-1-10-3-5-17(12(10)7-11)8-13(18)16-4-6-21-9-14(19)20/h1-3,5,7H,4,6,8-9H2,(H,16,18)(H,19,20). The molecule has 2 aromatic rings. The van der Waals surface area contributed by atoms with Crippen molar-refractivity contribution in [2.24, 2.45) is 0 Å². The number of amides is 1. The summed E-state index contributed by atoms with van der Waals surface area (Å²) >= 11 is 5.95. The van der Waals surface area contributed by atoms with E-state index in [9.17, 15) is 9.59 Å². The SMILES string of the molecule is O=C(O)COCCNC(=O)Cn1ccc2ccc(Cl)cc21. The fraction of sp³-hybridized carbons (Fsp3) is 0.286. The van der Waals surface area contributed by atoms with Gasteiger partial charge in [0.25, 0.3) is 0 Å². The van der Waals surface area contributed by atoms with Crippen LogP contribution in [0.25, 0.3) is 10.9 Å². The van der Waals surface area contributed by atoms with Gasteiger partial charge in [-0.1, -0.05) is 17.7 Å². The molecular weight excluding hydrogens is 296 g/mol. The van der Waals surface area contributed by atoms with Crippen LogP contribution in [0.15, 0.2) is 30.5 Å². The number of nitrogens with zero attached hydrogens (tertiary/aromatic N) is 1. The van der Waals surface area contributed by atoms with Crippen molar-refractivity contribution in [3.63, 3.8) is 0 Å². The van der Waals surface area contributed by atoms with Gasteiger partial charge in [0.2, 0.25) is 5.91 Å². The van der Waals surface area contributed by atoms with Crippen LogP contribution in [0.2, 0.25) is 5.02 Å². The third-order valence-corrected chi connectivity index (χ3v) is 3.08. The van der Waals surface area contributed by atoms with Crippen molar-refractivity contribution >= 4 is 34.4 Å². The van der Waals surface area contributed by atoms with Crippen LogP contribution < -0.4 is 5.32 Å². The lowest BCUT2D eigenvalue weighted by molar-refractivity contribution is -0.142. The molecule has 7 heteroatoms. The largest absolute Gasteiger partial charge is 0.480 e. The second-order valence-corrected chi connectivity index (χ2v) is 4.88. The number of rotatable bonds is 7. The summed E-state index contributed by atoms with van der Waals surface area (Å²) in [5.74, 6) is -1.21. The predicted molar refractivity (Wildman–Crippen MR) is 78.4 cm³/mol. The highest BCUT2D eigenvalue weighted by Crippen LogP contribution is 2.20. The van der Waals surface area contributed by atoms with Crippen molar-refractivity contribution < 1.29 is 19.4 Å². The Labute approximate surface area is 126 Å². The number of benzene rings is 1. The summed E-state index contributed by atoms with van der Waals surface area (Å²) in [7, 11) is 0. The molecule has 0 saturated heterocycles. The van der Waals surface area contributed by atoms with Crippen molar-refractivity contribution in [3.8, 4) is 0 Å². The average molecular weight is 311 g/mol. The highest BCUT2D eigenvalue weighted by molar-refractivity contribution is 6.31. The Morgan fingerprint density at radius 1 is 1.33 bits per heavy atom. The third kappa shape index (κ3) is 4.47. The Kier molecular flexibility index (Phi) is 5.19. The van der Waals surface area contributed by atoms with Gasteiger partial charge in [-0.15, -0.1) is 0 Å². The van der Waals surface area contributed by atoms with Gasteiger partial charge in [0.15, 0.2) is 0 Å². The molecular formula is C14H15ClN2O4. The number of hydrogen-bond donors (Lipinski definition) is 2. The number of carbonyl (C=O) groups excluding carboxylic acids is 1. The molecule has 2 rings (SSSR count). The summed E-state index contributed by atoms with van der Waals surface area (Å²) in [5, 5.41) is 12.7. The van der Waals surface area contributed by atoms with Crippen LogP contribution in [0.3, 0.4) is 0 Å². The summed E-state index contributed by atoms with van der Waals surface area (Å²) in [6.45, 7) is 0.238. The zero-order valence-corrected chi connectivity index (χ0v) is 12.0. The lowest BCUT2D eigenvalue weighted by Crippen LogP contribution is -2.30. The number of fused-ring (bicyclic) bond motifs is 1. The van der Waals surface area contributed by atoms with Gasteiger partial charge in [0, 0.05) is 23.3 Å². The van der Waals surface area contributed by atoms with Crippen LogP contribution in [0, 0.1) is 0 Å². The van der Waals surface area contributed by atoms with Gasteiger partial charge in [-0.2, -0.15) is 0 Å². The van der Waals surface area contributed by atoms with E-state index in [0.717, 1.165) is 10.9 Å². The maximum atomic E-state index is 11.8. The van der Waals surface area contributed by atoms with Crippen molar-refractivity contribution in [3.05, 3.63) is 35.5 Å². The zero-order chi connectivity index (χ0) is 15.2. The first-order valence-electron chi connectivity index (χ1n) is 6.37. The Bertz CT molecular complexity index is 653. The molecule has 1 heterocycles. The molecule has 0 aliphatic rings. The highest BCUT2D eigenvalue weighted by atomic mass is 35.5. The molecule has 112 valence electrons. The van der Waals surface area contributed by atoms with Gasteiger partial charge in [-0.05, 0) is 23.6 Å². The van der Waals surface area contributed by atoms with Crippen molar-refractivity contribution in [2.45, 2.75) is 6.54 Å². The normalized spacial score (nSPS) is 10.7. The number of carboxylic acids is 1. The molecule has 2 N–H and O–H groups in total. The van der Waals surface area contributed by atoms with Gasteiger partial charge >= 0.3 is 5.97 Å². The van der Waals surface area contributed by atoms with E-state index in [4.69, 9.17) is 21.4 Å². The average Bonchev–Trinajstić information content (AvgIpc) is 2.80. The van der Waals surface area contributed by atoms with Gasteiger partial charge in [0.05, 0.1) is 6.61 Å². The highest BCUT2D eigenvalue weighted by Gasteiger charge is 2.06. The van der Waals surface area contributed by atoms with Crippen LogP contribution in [-0.4, -0.2) is 41.3 Å². The molecule has 21 heavy (non-hydrogen) atoms. The topological polar surface area (TPSA) is 80.6 Å². The molecule has 0 saturated carbocycles. The number of ether oxygens (including phenoxy) is 1. The van der Waals surface area contributed by atoms with Crippen LogP contribution in [0.5, 0.6) is 0 Å². The number of carboxylic acid groups (broad SMARTS) is 1. The summed E-state index contributed by atoms with van der Waals surface area (Å²) in [5.41, 5.74) is 0.889. The molecule has 1 amide bonds.